The van der Waals surface area contributed by atoms with Gasteiger partial charge in [-0.25, -0.2) is 4.39 Å². The molecule has 2 aromatic rings. The minimum absolute atomic E-state index is 0.227. The lowest BCUT2D eigenvalue weighted by atomic mass is 10.1. The predicted molar refractivity (Wildman–Crippen MR) is 79.3 cm³/mol. The summed E-state index contributed by atoms with van der Waals surface area (Å²) in [5, 5.41) is 10.5. The van der Waals surface area contributed by atoms with Crippen LogP contribution in [0.15, 0.2) is 30.5 Å². The maximum atomic E-state index is 13.0. The van der Waals surface area contributed by atoms with E-state index in [4.69, 9.17) is 4.74 Å². The van der Waals surface area contributed by atoms with E-state index in [9.17, 15) is 4.39 Å². The summed E-state index contributed by atoms with van der Waals surface area (Å²) in [5.41, 5.74) is 2.98. The van der Waals surface area contributed by atoms with Gasteiger partial charge in [0.15, 0.2) is 0 Å². The van der Waals surface area contributed by atoms with Crippen LogP contribution in [0.1, 0.15) is 24.8 Å². The Labute approximate surface area is 123 Å². The number of H-pyrrole nitrogens is 1. The van der Waals surface area contributed by atoms with Crippen LogP contribution in [0.4, 0.5) is 4.39 Å². The Morgan fingerprint density at radius 3 is 2.95 bits per heavy atom. The van der Waals surface area contributed by atoms with Crippen LogP contribution in [0, 0.1) is 5.82 Å². The molecule has 1 unspecified atom stereocenters. The molecule has 5 heteroatoms. The van der Waals surface area contributed by atoms with Crippen molar-refractivity contribution >= 4 is 0 Å². The molecule has 0 radical (unpaired) electrons. The first-order chi connectivity index (χ1) is 10.3. The molecule has 2 N–H and O–H groups in total. The molecule has 112 valence electrons. The van der Waals surface area contributed by atoms with Crippen molar-refractivity contribution in [3.8, 4) is 11.3 Å². The molecule has 1 fully saturated rings. The lowest BCUT2D eigenvalue weighted by Crippen LogP contribution is -2.19. The van der Waals surface area contributed by atoms with Crippen molar-refractivity contribution in [2.24, 2.45) is 0 Å². The molecule has 1 aromatic heterocycles. The number of aromatic nitrogens is 2. The summed E-state index contributed by atoms with van der Waals surface area (Å²) in [6.07, 6.45) is 5.63. The summed E-state index contributed by atoms with van der Waals surface area (Å²) in [5.74, 6) is -0.227. The number of hydrogen-bond acceptors (Lipinski definition) is 3. The van der Waals surface area contributed by atoms with Gasteiger partial charge in [0, 0.05) is 24.3 Å². The van der Waals surface area contributed by atoms with Gasteiger partial charge in [-0.15, -0.1) is 0 Å². The fourth-order valence-corrected chi connectivity index (χ4v) is 2.67. The third-order valence-corrected chi connectivity index (χ3v) is 3.83. The first-order valence-electron chi connectivity index (χ1n) is 7.43. The van der Waals surface area contributed by atoms with Gasteiger partial charge in [-0.1, -0.05) is 0 Å². The molecule has 1 saturated heterocycles. The summed E-state index contributed by atoms with van der Waals surface area (Å²) < 4.78 is 18.6. The van der Waals surface area contributed by atoms with E-state index in [1.165, 1.54) is 25.0 Å². The van der Waals surface area contributed by atoms with Crippen molar-refractivity contribution in [2.75, 3.05) is 13.2 Å². The Morgan fingerprint density at radius 1 is 1.33 bits per heavy atom. The highest BCUT2D eigenvalue weighted by Gasteiger charge is 2.14. The summed E-state index contributed by atoms with van der Waals surface area (Å²) in [4.78, 5) is 0. The van der Waals surface area contributed by atoms with Crippen LogP contribution in [0.25, 0.3) is 11.3 Å². The smallest absolute Gasteiger partial charge is 0.123 e. The lowest BCUT2D eigenvalue weighted by molar-refractivity contribution is 0.104. The van der Waals surface area contributed by atoms with E-state index in [0.29, 0.717) is 6.10 Å². The second-order valence-corrected chi connectivity index (χ2v) is 5.38. The molecule has 1 atom stereocenters. The molecule has 0 spiro atoms. The average molecular weight is 289 g/mol. The number of nitrogens with zero attached hydrogens (tertiary/aromatic N) is 1. The molecule has 2 heterocycles. The third-order valence-electron chi connectivity index (χ3n) is 3.83. The Morgan fingerprint density at radius 2 is 2.19 bits per heavy atom. The minimum atomic E-state index is -0.227. The number of aromatic amines is 1. The largest absolute Gasteiger partial charge is 0.378 e. The predicted octanol–water partition coefficient (Wildman–Crippen LogP) is 2.87. The monoisotopic (exact) mass is 289 g/mol. The first-order valence-corrected chi connectivity index (χ1v) is 7.43. The molecule has 1 aliphatic rings. The van der Waals surface area contributed by atoms with Crippen molar-refractivity contribution in [3.63, 3.8) is 0 Å². The molecule has 1 aliphatic heterocycles. The van der Waals surface area contributed by atoms with Crippen molar-refractivity contribution in [1.82, 2.24) is 15.5 Å². The number of ether oxygens (including phenoxy) is 1. The van der Waals surface area contributed by atoms with Crippen LogP contribution in [0.5, 0.6) is 0 Å². The summed E-state index contributed by atoms with van der Waals surface area (Å²) >= 11 is 0. The molecule has 21 heavy (non-hydrogen) atoms. The van der Waals surface area contributed by atoms with Crippen LogP contribution < -0.4 is 5.32 Å². The van der Waals surface area contributed by atoms with E-state index in [2.05, 4.69) is 15.5 Å². The van der Waals surface area contributed by atoms with E-state index in [1.54, 1.807) is 12.1 Å². The van der Waals surface area contributed by atoms with Crippen LogP contribution >= 0.6 is 0 Å². The average Bonchev–Trinajstić information content (AvgIpc) is 3.16. The maximum Gasteiger partial charge on any atom is 0.123 e. The number of benzene rings is 1. The number of halogens is 1. The van der Waals surface area contributed by atoms with Gasteiger partial charge in [-0.2, -0.15) is 5.10 Å². The van der Waals surface area contributed by atoms with Crippen LogP contribution in [-0.2, 0) is 11.3 Å². The van der Waals surface area contributed by atoms with Crippen LogP contribution in [0.3, 0.4) is 0 Å². The van der Waals surface area contributed by atoms with Crippen LogP contribution in [-0.4, -0.2) is 29.5 Å². The molecule has 0 bridgehead atoms. The van der Waals surface area contributed by atoms with E-state index in [1.807, 2.05) is 6.20 Å². The number of nitrogens with one attached hydrogen (secondary N) is 2. The highest BCUT2D eigenvalue weighted by atomic mass is 19.1. The van der Waals surface area contributed by atoms with Crippen LogP contribution in [0.2, 0.25) is 0 Å². The van der Waals surface area contributed by atoms with E-state index < -0.39 is 0 Å². The van der Waals surface area contributed by atoms with E-state index in [0.717, 1.165) is 42.9 Å². The van der Waals surface area contributed by atoms with Gasteiger partial charge in [0.1, 0.15) is 5.82 Å². The second-order valence-electron chi connectivity index (χ2n) is 5.38. The minimum Gasteiger partial charge on any atom is -0.378 e. The highest BCUT2D eigenvalue weighted by molar-refractivity contribution is 5.62. The topological polar surface area (TPSA) is 49.9 Å². The summed E-state index contributed by atoms with van der Waals surface area (Å²) in [6, 6.07) is 6.45. The van der Waals surface area contributed by atoms with Gasteiger partial charge in [0.2, 0.25) is 0 Å². The second kappa shape index (κ2) is 6.83. The third kappa shape index (κ3) is 3.68. The number of hydrogen-bond donors (Lipinski definition) is 2. The summed E-state index contributed by atoms with van der Waals surface area (Å²) in [6.45, 7) is 2.58. The normalized spacial score (nSPS) is 18.2. The quantitative estimate of drug-likeness (QED) is 0.804. The molecule has 3 rings (SSSR count). The number of rotatable bonds is 6. The highest BCUT2D eigenvalue weighted by Crippen LogP contribution is 2.21. The fourth-order valence-electron chi connectivity index (χ4n) is 2.67. The molecular formula is C16H20FN3O. The van der Waals surface area contributed by atoms with Gasteiger partial charge in [-0.05, 0) is 50.1 Å². The van der Waals surface area contributed by atoms with Gasteiger partial charge >= 0.3 is 0 Å². The maximum absolute atomic E-state index is 13.0. The summed E-state index contributed by atoms with van der Waals surface area (Å²) in [7, 11) is 0. The van der Waals surface area contributed by atoms with Crippen molar-refractivity contribution in [2.45, 2.75) is 31.9 Å². The fraction of sp³-hybridized carbons (Fsp3) is 0.438. The molecule has 4 nitrogen and oxygen atoms in total. The van der Waals surface area contributed by atoms with Crippen molar-refractivity contribution < 1.29 is 9.13 Å². The van der Waals surface area contributed by atoms with Gasteiger partial charge in [0.25, 0.3) is 0 Å². The van der Waals surface area contributed by atoms with Gasteiger partial charge in [0.05, 0.1) is 18.0 Å². The Hall–Kier alpha value is -1.72. The standard InChI is InChI=1S/C16H20FN3O/c17-14-5-3-12(4-6-14)16-13(11-19-20-16)10-18-8-7-15-2-1-9-21-15/h3-6,11,15,18H,1-2,7-10H2,(H,19,20). The zero-order valence-electron chi connectivity index (χ0n) is 11.9. The van der Waals surface area contributed by atoms with Crippen molar-refractivity contribution in [3.05, 3.63) is 41.8 Å². The first kappa shape index (κ1) is 14.2. The Kier molecular flexibility index (Phi) is 4.62. The van der Waals surface area contributed by atoms with E-state index in [-0.39, 0.29) is 5.82 Å². The Balaban J connectivity index is 1.54. The SMILES string of the molecule is Fc1ccc(-c2[nH]ncc2CNCCC2CCCO2)cc1. The zero-order valence-corrected chi connectivity index (χ0v) is 11.9. The Bertz CT molecular complexity index is 561. The van der Waals surface area contributed by atoms with Crippen molar-refractivity contribution in [1.29, 1.82) is 0 Å². The molecule has 0 saturated carbocycles. The lowest BCUT2D eigenvalue weighted by Gasteiger charge is -2.10. The molecule has 0 aliphatic carbocycles. The molecule has 1 aromatic carbocycles. The zero-order chi connectivity index (χ0) is 14.5. The molecule has 0 amide bonds. The van der Waals surface area contributed by atoms with E-state index >= 15 is 0 Å². The van der Waals surface area contributed by atoms with Gasteiger partial charge in [-0.3, -0.25) is 5.10 Å². The van der Waals surface area contributed by atoms with Gasteiger partial charge < -0.3 is 10.1 Å². The molecular weight excluding hydrogens is 269 g/mol.